The highest BCUT2D eigenvalue weighted by molar-refractivity contribution is 7.12. The molecule has 120 valence electrons. The van der Waals surface area contributed by atoms with E-state index >= 15 is 0 Å². The van der Waals surface area contributed by atoms with Crippen molar-refractivity contribution in [2.24, 2.45) is 5.92 Å². The number of thiophene rings is 1. The minimum atomic E-state index is -0.762. The standard InChI is InChI=1S/C16H22N2O3S/c1-10-4-5-22-15(10)16(21)17-12-6-13(7-12)18(9-14(19)20)8-11-2-3-11/h4-5,11-13H,2-3,6-9H2,1H3,(H,17,21)(H,19,20). The maximum atomic E-state index is 12.2. The predicted octanol–water partition coefficient (Wildman–Crippen LogP) is 2.11. The van der Waals surface area contributed by atoms with E-state index < -0.39 is 5.97 Å². The van der Waals surface area contributed by atoms with Crippen molar-refractivity contribution in [3.8, 4) is 0 Å². The van der Waals surface area contributed by atoms with Crippen molar-refractivity contribution in [1.29, 1.82) is 0 Å². The molecule has 0 radical (unpaired) electrons. The molecule has 0 unspecified atom stereocenters. The lowest BCUT2D eigenvalue weighted by Crippen LogP contribution is -2.55. The van der Waals surface area contributed by atoms with Gasteiger partial charge in [-0.15, -0.1) is 11.3 Å². The fourth-order valence-corrected chi connectivity index (χ4v) is 3.84. The Morgan fingerprint density at radius 3 is 2.68 bits per heavy atom. The monoisotopic (exact) mass is 322 g/mol. The molecule has 1 heterocycles. The number of carbonyl (C=O) groups excluding carboxylic acids is 1. The van der Waals surface area contributed by atoms with Crippen LogP contribution in [0.25, 0.3) is 0 Å². The molecule has 0 atom stereocenters. The normalized spacial score (nSPS) is 24.1. The van der Waals surface area contributed by atoms with Crippen molar-refractivity contribution in [2.75, 3.05) is 13.1 Å². The van der Waals surface area contributed by atoms with Gasteiger partial charge >= 0.3 is 5.97 Å². The number of rotatable bonds is 7. The van der Waals surface area contributed by atoms with Gasteiger partial charge in [-0.05, 0) is 55.5 Å². The number of nitrogens with zero attached hydrogens (tertiary/aromatic N) is 1. The number of hydrogen-bond acceptors (Lipinski definition) is 4. The van der Waals surface area contributed by atoms with E-state index in [1.165, 1.54) is 24.2 Å². The Labute approximate surface area is 134 Å². The van der Waals surface area contributed by atoms with Crippen LogP contribution in [0.3, 0.4) is 0 Å². The van der Waals surface area contributed by atoms with Crippen LogP contribution in [0.1, 0.15) is 40.9 Å². The Hall–Kier alpha value is -1.40. The van der Waals surface area contributed by atoms with Gasteiger partial charge in [0, 0.05) is 18.6 Å². The van der Waals surface area contributed by atoms with E-state index in [1.807, 2.05) is 18.4 Å². The molecule has 2 N–H and O–H groups in total. The molecule has 2 aliphatic carbocycles. The summed E-state index contributed by atoms with van der Waals surface area (Å²) < 4.78 is 0. The van der Waals surface area contributed by atoms with Gasteiger partial charge in [-0.25, -0.2) is 0 Å². The SMILES string of the molecule is Cc1ccsc1C(=O)NC1CC(N(CC(=O)O)CC2CC2)C1. The van der Waals surface area contributed by atoms with Gasteiger partial charge < -0.3 is 10.4 Å². The predicted molar refractivity (Wildman–Crippen MR) is 85.3 cm³/mol. The Bertz CT molecular complexity index is 561. The topological polar surface area (TPSA) is 69.6 Å². The third kappa shape index (κ3) is 3.67. The van der Waals surface area contributed by atoms with E-state index in [0.717, 1.165) is 29.8 Å². The second-order valence-electron chi connectivity index (χ2n) is 6.49. The molecule has 1 amide bonds. The zero-order valence-corrected chi connectivity index (χ0v) is 13.6. The van der Waals surface area contributed by atoms with E-state index in [2.05, 4.69) is 10.2 Å². The minimum absolute atomic E-state index is 0.00271. The highest BCUT2D eigenvalue weighted by Crippen LogP contribution is 2.34. The van der Waals surface area contributed by atoms with E-state index in [4.69, 9.17) is 5.11 Å². The van der Waals surface area contributed by atoms with Crippen LogP contribution in [0.15, 0.2) is 11.4 Å². The number of carboxylic acid groups (broad SMARTS) is 1. The summed E-state index contributed by atoms with van der Waals surface area (Å²) in [5, 5.41) is 14.0. The first-order valence-corrected chi connectivity index (χ1v) is 8.71. The van der Waals surface area contributed by atoms with Gasteiger partial charge in [0.15, 0.2) is 0 Å². The Morgan fingerprint density at radius 2 is 2.14 bits per heavy atom. The smallest absolute Gasteiger partial charge is 0.317 e. The average Bonchev–Trinajstić information content (AvgIpc) is 3.11. The molecule has 0 aromatic carbocycles. The zero-order valence-electron chi connectivity index (χ0n) is 12.7. The van der Waals surface area contributed by atoms with Crippen LogP contribution in [-0.2, 0) is 4.79 Å². The van der Waals surface area contributed by atoms with Crippen LogP contribution in [0, 0.1) is 12.8 Å². The molecular weight excluding hydrogens is 300 g/mol. The van der Waals surface area contributed by atoms with Gasteiger partial charge in [0.1, 0.15) is 0 Å². The average molecular weight is 322 g/mol. The fraction of sp³-hybridized carbons (Fsp3) is 0.625. The fourth-order valence-electron chi connectivity index (χ4n) is 3.01. The first kappa shape index (κ1) is 15.5. The van der Waals surface area contributed by atoms with Gasteiger partial charge in [0.2, 0.25) is 0 Å². The van der Waals surface area contributed by atoms with Crippen LogP contribution in [0.5, 0.6) is 0 Å². The highest BCUT2D eigenvalue weighted by atomic mass is 32.1. The molecule has 6 heteroatoms. The highest BCUT2D eigenvalue weighted by Gasteiger charge is 2.37. The molecule has 2 aliphatic rings. The first-order chi connectivity index (χ1) is 10.5. The molecular formula is C16H22N2O3S. The molecule has 0 bridgehead atoms. The Kier molecular flexibility index (Phi) is 4.49. The molecule has 0 aliphatic heterocycles. The summed E-state index contributed by atoms with van der Waals surface area (Å²) >= 11 is 1.47. The van der Waals surface area contributed by atoms with Crippen LogP contribution in [-0.4, -0.2) is 47.1 Å². The molecule has 0 saturated heterocycles. The number of nitrogens with one attached hydrogen (secondary N) is 1. The number of hydrogen-bond donors (Lipinski definition) is 2. The van der Waals surface area contributed by atoms with Crippen LogP contribution < -0.4 is 5.32 Å². The number of carboxylic acids is 1. The lowest BCUT2D eigenvalue weighted by molar-refractivity contribution is -0.139. The Morgan fingerprint density at radius 1 is 1.41 bits per heavy atom. The molecule has 22 heavy (non-hydrogen) atoms. The molecule has 0 spiro atoms. The van der Waals surface area contributed by atoms with E-state index in [9.17, 15) is 9.59 Å². The van der Waals surface area contributed by atoms with Crippen molar-refractivity contribution >= 4 is 23.2 Å². The summed E-state index contributed by atoms with van der Waals surface area (Å²) in [4.78, 5) is 26.0. The van der Waals surface area contributed by atoms with Crippen molar-refractivity contribution in [3.63, 3.8) is 0 Å². The van der Waals surface area contributed by atoms with Crippen molar-refractivity contribution in [2.45, 2.75) is 44.7 Å². The van der Waals surface area contributed by atoms with E-state index in [0.29, 0.717) is 12.0 Å². The minimum Gasteiger partial charge on any atom is -0.480 e. The van der Waals surface area contributed by atoms with Gasteiger partial charge in [0.25, 0.3) is 5.91 Å². The second kappa shape index (κ2) is 6.38. The molecule has 1 aromatic rings. The molecule has 2 saturated carbocycles. The third-order valence-corrected chi connectivity index (χ3v) is 5.58. The maximum absolute atomic E-state index is 12.2. The molecule has 1 aromatic heterocycles. The summed E-state index contributed by atoms with van der Waals surface area (Å²) in [5.74, 6) is -0.0768. The number of amides is 1. The van der Waals surface area contributed by atoms with Crippen molar-refractivity contribution in [1.82, 2.24) is 10.2 Å². The summed E-state index contributed by atoms with van der Waals surface area (Å²) in [7, 11) is 0. The van der Waals surface area contributed by atoms with E-state index in [1.54, 1.807) is 0 Å². The maximum Gasteiger partial charge on any atom is 0.317 e. The number of carbonyl (C=O) groups is 2. The quantitative estimate of drug-likeness (QED) is 0.807. The van der Waals surface area contributed by atoms with E-state index in [-0.39, 0.29) is 18.5 Å². The van der Waals surface area contributed by atoms with Gasteiger partial charge in [-0.3, -0.25) is 14.5 Å². The van der Waals surface area contributed by atoms with Crippen LogP contribution >= 0.6 is 11.3 Å². The van der Waals surface area contributed by atoms with Gasteiger partial charge in [-0.2, -0.15) is 0 Å². The zero-order chi connectivity index (χ0) is 15.7. The second-order valence-corrected chi connectivity index (χ2v) is 7.41. The third-order valence-electron chi connectivity index (χ3n) is 4.56. The Balaban J connectivity index is 1.48. The number of aryl methyl sites for hydroxylation is 1. The molecule has 5 nitrogen and oxygen atoms in total. The largest absolute Gasteiger partial charge is 0.480 e. The first-order valence-electron chi connectivity index (χ1n) is 7.83. The van der Waals surface area contributed by atoms with Crippen LogP contribution in [0.4, 0.5) is 0 Å². The molecule has 3 rings (SSSR count). The van der Waals surface area contributed by atoms with Gasteiger partial charge in [-0.1, -0.05) is 0 Å². The summed E-state index contributed by atoms with van der Waals surface area (Å²) in [6, 6.07) is 2.42. The number of aliphatic carboxylic acids is 1. The van der Waals surface area contributed by atoms with Crippen molar-refractivity contribution in [3.05, 3.63) is 21.9 Å². The lowest BCUT2D eigenvalue weighted by atomic mass is 9.85. The van der Waals surface area contributed by atoms with Crippen molar-refractivity contribution < 1.29 is 14.7 Å². The lowest BCUT2D eigenvalue weighted by Gasteiger charge is -2.42. The van der Waals surface area contributed by atoms with Gasteiger partial charge in [0.05, 0.1) is 11.4 Å². The summed E-state index contributed by atoms with van der Waals surface area (Å²) in [6.45, 7) is 2.95. The summed E-state index contributed by atoms with van der Waals surface area (Å²) in [5.41, 5.74) is 1.01. The molecule has 2 fully saturated rings. The summed E-state index contributed by atoms with van der Waals surface area (Å²) in [6.07, 6.45) is 4.16. The van der Waals surface area contributed by atoms with Crippen LogP contribution in [0.2, 0.25) is 0 Å².